The molecule has 1 aromatic carbocycles. The molecule has 0 unspecified atom stereocenters. The molecule has 0 amide bonds. The van der Waals surface area contributed by atoms with E-state index in [4.69, 9.17) is 0 Å². The number of nitrogens with zero attached hydrogens (tertiary/aromatic N) is 1. The summed E-state index contributed by atoms with van der Waals surface area (Å²) in [4.78, 5) is 11.5. The van der Waals surface area contributed by atoms with Crippen LogP contribution in [-0.2, 0) is 20.5 Å². The van der Waals surface area contributed by atoms with Gasteiger partial charge in [0.1, 0.15) is 0 Å². The van der Waals surface area contributed by atoms with Crippen LogP contribution in [-0.4, -0.2) is 50.1 Å². The Kier molecular flexibility index (Phi) is 4.97. The highest BCUT2D eigenvalue weighted by Crippen LogP contribution is 2.18. The summed E-state index contributed by atoms with van der Waals surface area (Å²) in [5.74, 6) is -0.649. The zero-order valence-corrected chi connectivity index (χ0v) is 12.7. The highest BCUT2D eigenvalue weighted by atomic mass is 32.2. The van der Waals surface area contributed by atoms with Gasteiger partial charge in [-0.15, -0.1) is 0 Å². The lowest BCUT2D eigenvalue weighted by Crippen LogP contribution is -2.40. The second kappa shape index (κ2) is 6.55. The van der Waals surface area contributed by atoms with Crippen molar-refractivity contribution in [1.82, 2.24) is 4.31 Å². The average molecular weight is 313 g/mol. The Balaban J connectivity index is 2.11. The number of sulfonamides is 1. The summed E-state index contributed by atoms with van der Waals surface area (Å²) in [5, 5.41) is 9.43. The van der Waals surface area contributed by atoms with Crippen molar-refractivity contribution in [2.24, 2.45) is 0 Å². The monoisotopic (exact) mass is 313 g/mol. The summed E-state index contributed by atoms with van der Waals surface area (Å²) in [6.07, 6.45) is 0.502. The second-order valence-corrected chi connectivity index (χ2v) is 7.05. The van der Waals surface area contributed by atoms with E-state index in [0.717, 1.165) is 0 Å². The predicted molar refractivity (Wildman–Crippen MR) is 77.2 cm³/mol. The number of ether oxygens (including phenoxy) is 1. The van der Waals surface area contributed by atoms with Crippen LogP contribution in [0.2, 0.25) is 0 Å². The number of carbonyl (C=O) groups is 1. The third-order valence-corrected chi connectivity index (χ3v) is 5.36. The van der Waals surface area contributed by atoms with Crippen molar-refractivity contribution < 1.29 is 23.1 Å². The molecule has 0 saturated carbocycles. The average Bonchev–Trinajstić information content (AvgIpc) is 2.46. The number of aliphatic hydroxyl groups is 1. The lowest BCUT2D eigenvalue weighted by atomic mass is 10.1. The molecule has 21 heavy (non-hydrogen) atoms. The molecule has 6 nitrogen and oxygen atoms in total. The van der Waals surface area contributed by atoms with Crippen molar-refractivity contribution in [2.75, 3.05) is 20.2 Å². The molecule has 116 valence electrons. The van der Waals surface area contributed by atoms with E-state index in [1.165, 1.54) is 17.5 Å². The van der Waals surface area contributed by atoms with E-state index in [1.54, 1.807) is 18.2 Å². The Morgan fingerprint density at radius 1 is 1.38 bits per heavy atom. The molecule has 7 heteroatoms. The van der Waals surface area contributed by atoms with Crippen molar-refractivity contribution in [3.05, 3.63) is 35.4 Å². The van der Waals surface area contributed by atoms with Crippen LogP contribution in [0.4, 0.5) is 0 Å². The van der Waals surface area contributed by atoms with Gasteiger partial charge in [-0.25, -0.2) is 17.5 Å². The van der Waals surface area contributed by atoms with Gasteiger partial charge in [0.15, 0.2) is 0 Å². The minimum atomic E-state index is -3.44. The zero-order valence-electron chi connectivity index (χ0n) is 11.9. The Hall–Kier alpha value is -1.44. The lowest BCUT2D eigenvalue weighted by molar-refractivity contribution is 0.0600. The molecule has 0 aliphatic carbocycles. The molecule has 1 aromatic rings. The molecule has 1 aliphatic heterocycles. The SMILES string of the molecule is COC(=O)c1cccc(CS(=O)(=O)N2CCC(O)CC2)c1. The number of carbonyl (C=O) groups excluding carboxylic acids is 1. The summed E-state index contributed by atoms with van der Waals surface area (Å²) in [6.45, 7) is 0.667. The van der Waals surface area contributed by atoms with Crippen LogP contribution in [0.5, 0.6) is 0 Å². The number of esters is 1. The molecule has 1 fully saturated rings. The summed E-state index contributed by atoms with van der Waals surface area (Å²) in [5.41, 5.74) is 0.878. The Labute approximate surface area is 124 Å². The summed E-state index contributed by atoms with van der Waals surface area (Å²) in [6, 6.07) is 6.42. The highest BCUT2D eigenvalue weighted by Gasteiger charge is 2.27. The van der Waals surface area contributed by atoms with Gasteiger partial charge in [0.25, 0.3) is 0 Å². The maximum atomic E-state index is 12.3. The summed E-state index contributed by atoms with van der Waals surface area (Å²) >= 11 is 0. The first-order chi connectivity index (χ1) is 9.92. The van der Waals surface area contributed by atoms with E-state index in [9.17, 15) is 18.3 Å². The van der Waals surface area contributed by atoms with E-state index >= 15 is 0 Å². The molecule has 0 bridgehead atoms. The van der Waals surface area contributed by atoms with Crippen LogP contribution >= 0.6 is 0 Å². The third-order valence-electron chi connectivity index (χ3n) is 3.51. The highest BCUT2D eigenvalue weighted by molar-refractivity contribution is 7.88. The maximum absolute atomic E-state index is 12.3. The number of piperidine rings is 1. The fourth-order valence-corrected chi connectivity index (χ4v) is 3.88. The topological polar surface area (TPSA) is 83.9 Å². The van der Waals surface area contributed by atoms with Crippen LogP contribution in [0.25, 0.3) is 0 Å². The molecule has 0 radical (unpaired) electrons. The van der Waals surface area contributed by atoms with E-state index in [2.05, 4.69) is 4.74 Å². The number of aliphatic hydroxyl groups excluding tert-OH is 1. The molecule has 0 spiro atoms. The first-order valence-corrected chi connectivity index (χ1v) is 8.36. The van der Waals surface area contributed by atoms with Gasteiger partial charge in [0.2, 0.25) is 10.0 Å². The number of hydrogen-bond donors (Lipinski definition) is 1. The molecule has 0 atom stereocenters. The first kappa shape index (κ1) is 15.9. The maximum Gasteiger partial charge on any atom is 0.337 e. The fraction of sp³-hybridized carbons (Fsp3) is 0.500. The molecule has 2 rings (SSSR count). The standard InChI is InChI=1S/C14H19NO5S/c1-20-14(17)12-4-2-3-11(9-12)10-21(18,19)15-7-5-13(16)6-8-15/h2-4,9,13,16H,5-8,10H2,1H3. The van der Waals surface area contributed by atoms with Crippen LogP contribution in [0.1, 0.15) is 28.8 Å². The number of methoxy groups -OCH3 is 1. The van der Waals surface area contributed by atoms with Gasteiger partial charge in [0.05, 0.1) is 24.5 Å². The van der Waals surface area contributed by atoms with Crippen molar-refractivity contribution in [2.45, 2.75) is 24.7 Å². The third kappa shape index (κ3) is 4.03. The molecule has 1 N–H and O–H groups in total. The zero-order chi connectivity index (χ0) is 15.5. The van der Waals surface area contributed by atoms with Crippen LogP contribution in [0.3, 0.4) is 0 Å². The lowest BCUT2D eigenvalue weighted by Gasteiger charge is -2.28. The van der Waals surface area contributed by atoms with Gasteiger partial charge >= 0.3 is 5.97 Å². The normalized spacial score (nSPS) is 17.6. The van der Waals surface area contributed by atoms with Gasteiger partial charge in [-0.2, -0.15) is 0 Å². The van der Waals surface area contributed by atoms with E-state index < -0.39 is 22.1 Å². The molecule has 1 saturated heterocycles. The van der Waals surface area contributed by atoms with Crippen molar-refractivity contribution in [3.8, 4) is 0 Å². The Morgan fingerprint density at radius 3 is 2.67 bits per heavy atom. The van der Waals surface area contributed by atoms with E-state index in [-0.39, 0.29) is 5.75 Å². The van der Waals surface area contributed by atoms with Gasteiger partial charge in [-0.3, -0.25) is 0 Å². The minimum absolute atomic E-state index is 0.159. The molecule has 0 aromatic heterocycles. The van der Waals surface area contributed by atoms with Crippen molar-refractivity contribution in [1.29, 1.82) is 0 Å². The first-order valence-electron chi connectivity index (χ1n) is 6.75. The Morgan fingerprint density at radius 2 is 2.05 bits per heavy atom. The molecular weight excluding hydrogens is 294 g/mol. The van der Waals surface area contributed by atoms with Crippen LogP contribution in [0, 0.1) is 0 Å². The summed E-state index contributed by atoms with van der Waals surface area (Å²) in [7, 11) is -2.16. The van der Waals surface area contributed by atoms with E-state index in [0.29, 0.717) is 37.1 Å². The van der Waals surface area contributed by atoms with Crippen LogP contribution < -0.4 is 0 Å². The van der Waals surface area contributed by atoms with Crippen molar-refractivity contribution >= 4 is 16.0 Å². The Bertz CT molecular complexity index is 606. The molecule has 1 aliphatic rings. The molecular formula is C14H19NO5S. The van der Waals surface area contributed by atoms with Gasteiger partial charge < -0.3 is 9.84 Å². The smallest absolute Gasteiger partial charge is 0.337 e. The van der Waals surface area contributed by atoms with Gasteiger partial charge in [-0.05, 0) is 30.5 Å². The van der Waals surface area contributed by atoms with Crippen LogP contribution in [0.15, 0.2) is 24.3 Å². The van der Waals surface area contributed by atoms with Crippen molar-refractivity contribution in [3.63, 3.8) is 0 Å². The fourth-order valence-electron chi connectivity index (χ4n) is 2.33. The van der Waals surface area contributed by atoms with Gasteiger partial charge in [-0.1, -0.05) is 12.1 Å². The molecule has 1 heterocycles. The number of rotatable bonds is 4. The number of benzene rings is 1. The van der Waals surface area contributed by atoms with E-state index in [1.807, 2.05) is 0 Å². The summed E-state index contributed by atoms with van der Waals surface area (Å²) < 4.78 is 30.7. The second-order valence-electron chi connectivity index (χ2n) is 5.08. The quantitative estimate of drug-likeness (QED) is 0.830. The van der Waals surface area contributed by atoms with Gasteiger partial charge in [0, 0.05) is 13.1 Å². The predicted octanol–water partition coefficient (Wildman–Crippen LogP) is 0.760. The number of hydrogen-bond acceptors (Lipinski definition) is 5. The minimum Gasteiger partial charge on any atom is -0.465 e. The largest absolute Gasteiger partial charge is 0.465 e.